The summed E-state index contributed by atoms with van der Waals surface area (Å²) in [5, 5.41) is 35.5. The van der Waals surface area contributed by atoms with Gasteiger partial charge in [-0.15, -0.1) is 0 Å². The third-order valence-corrected chi connectivity index (χ3v) is 9.83. The number of aromatic nitrogens is 2. The Morgan fingerprint density at radius 1 is 0.534 bits per heavy atom. The van der Waals surface area contributed by atoms with Crippen molar-refractivity contribution < 1.29 is 29.4 Å². The number of carbonyl (C=O) groups is 4. The molecule has 2 aromatic carbocycles. The maximum absolute atomic E-state index is 14.0. The van der Waals surface area contributed by atoms with Crippen molar-refractivity contribution in [2.75, 3.05) is 14.1 Å². The first-order chi connectivity index (χ1) is 27.7. The highest BCUT2D eigenvalue weighted by Crippen LogP contribution is 2.17. The van der Waals surface area contributed by atoms with Crippen LogP contribution < -0.4 is 21.3 Å². The number of hydrogen-bond donors (Lipinski definition) is 6. The molecule has 0 saturated carbocycles. The predicted octanol–water partition coefficient (Wildman–Crippen LogP) is 3.69. The van der Waals surface area contributed by atoms with Crippen LogP contribution in [0, 0.1) is 11.8 Å². The van der Waals surface area contributed by atoms with Crippen LogP contribution in [0.25, 0.3) is 0 Å². The van der Waals surface area contributed by atoms with Gasteiger partial charge in [-0.2, -0.15) is 0 Å². The van der Waals surface area contributed by atoms with Gasteiger partial charge in [0.25, 0.3) is 0 Å². The lowest BCUT2D eigenvalue weighted by Crippen LogP contribution is -2.62. The average molecular weight is 795 g/mol. The second kappa shape index (κ2) is 22.2. The Morgan fingerprint density at radius 3 is 1.19 bits per heavy atom. The largest absolute Gasteiger partial charge is 0.388 e. The van der Waals surface area contributed by atoms with Crippen molar-refractivity contribution in [3.05, 3.63) is 132 Å². The SMILES string of the molecule is CC(C)[C@H](NC(=O)N(C)Cc1ccccn1)C(=O)NC(Cc1ccccc1)[C@H](O)[C@H](O)[C@H](Cc1ccccc1)NC(=O)[C@@H](NC(=O)N(C)Cc1ccccn1)C(C)C. The van der Waals surface area contributed by atoms with Crippen molar-refractivity contribution >= 4 is 23.9 Å². The van der Waals surface area contributed by atoms with Crippen molar-refractivity contribution in [1.82, 2.24) is 41.0 Å². The minimum absolute atomic E-state index is 0.127. The number of benzene rings is 2. The Kier molecular flexibility index (Phi) is 17.1. The summed E-state index contributed by atoms with van der Waals surface area (Å²) < 4.78 is 0. The Labute approximate surface area is 341 Å². The first-order valence-electron chi connectivity index (χ1n) is 19.6. The van der Waals surface area contributed by atoms with Crippen LogP contribution in [0.2, 0.25) is 0 Å². The number of amides is 6. The summed E-state index contributed by atoms with van der Waals surface area (Å²) in [6, 6.07) is 24.2. The zero-order valence-electron chi connectivity index (χ0n) is 34.2. The van der Waals surface area contributed by atoms with Gasteiger partial charge in [-0.1, -0.05) is 100 Å². The lowest BCUT2D eigenvalue weighted by molar-refractivity contribution is -0.129. The van der Waals surface area contributed by atoms with Crippen molar-refractivity contribution in [2.45, 2.75) is 90.0 Å². The first kappa shape index (κ1) is 44.8. The van der Waals surface area contributed by atoms with Crippen molar-refractivity contribution in [1.29, 1.82) is 0 Å². The van der Waals surface area contributed by atoms with Crippen LogP contribution in [0.3, 0.4) is 0 Å². The van der Waals surface area contributed by atoms with Crippen LogP contribution in [-0.4, -0.2) is 104 Å². The molecule has 0 saturated heterocycles. The van der Waals surface area contributed by atoms with Crippen molar-refractivity contribution in [3.63, 3.8) is 0 Å². The Hall–Kier alpha value is -5.86. The molecule has 0 spiro atoms. The molecule has 4 aromatic rings. The number of aliphatic hydroxyl groups is 2. The number of nitrogens with one attached hydrogen (secondary N) is 4. The standard InChI is InChI=1S/C44H58N8O6/c1-29(2)37(49-43(57)51(5)27-33-21-13-15-23-45-33)41(55)47-35(25-31-17-9-7-10-18-31)39(53)40(54)36(26-32-19-11-8-12-20-32)48-42(56)38(30(3)4)50-44(58)52(6)28-34-22-14-16-24-46-34/h7-24,29-30,35-40,53-54H,25-28H2,1-6H3,(H,47,55)(H,48,56)(H,49,57)(H,50,58)/t35-,36?,37-,38-,39+,40-/m0/s1. The molecule has 14 heteroatoms. The molecule has 6 amide bonds. The monoisotopic (exact) mass is 794 g/mol. The fourth-order valence-electron chi connectivity index (χ4n) is 6.44. The number of urea groups is 2. The van der Waals surface area contributed by atoms with Gasteiger partial charge in [0.2, 0.25) is 11.8 Å². The number of rotatable bonds is 19. The van der Waals surface area contributed by atoms with Gasteiger partial charge < -0.3 is 41.3 Å². The Balaban J connectivity index is 1.56. The molecule has 2 aromatic heterocycles. The van der Waals surface area contributed by atoms with E-state index >= 15 is 0 Å². The summed E-state index contributed by atoms with van der Waals surface area (Å²) in [5.41, 5.74) is 2.91. The van der Waals surface area contributed by atoms with Crippen LogP contribution in [0.5, 0.6) is 0 Å². The Morgan fingerprint density at radius 2 is 0.879 bits per heavy atom. The average Bonchev–Trinajstić information content (AvgIpc) is 3.21. The molecular weight excluding hydrogens is 737 g/mol. The second-order valence-electron chi connectivity index (χ2n) is 15.3. The predicted molar refractivity (Wildman–Crippen MR) is 222 cm³/mol. The molecule has 310 valence electrons. The minimum Gasteiger partial charge on any atom is -0.388 e. The summed E-state index contributed by atoms with van der Waals surface area (Å²) in [7, 11) is 3.21. The van der Waals surface area contributed by atoms with Crippen molar-refractivity contribution in [3.8, 4) is 0 Å². The van der Waals surface area contributed by atoms with E-state index in [-0.39, 0.29) is 37.8 Å². The highest BCUT2D eigenvalue weighted by atomic mass is 16.3. The molecule has 0 bridgehead atoms. The molecule has 0 aliphatic carbocycles. The van der Waals surface area contributed by atoms with Crippen LogP contribution in [0.1, 0.15) is 50.2 Å². The maximum Gasteiger partial charge on any atom is 0.318 e. The van der Waals surface area contributed by atoms with Gasteiger partial charge in [-0.25, -0.2) is 9.59 Å². The van der Waals surface area contributed by atoms with E-state index in [0.29, 0.717) is 11.4 Å². The van der Waals surface area contributed by atoms with Gasteiger partial charge in [-0.05, 0) is 60.1 Å². The number of hydrogen-bond acceptors (Lipinski definition) is 8. The smallest absolute Gasteiger partial charge is 0.318 e. The molecule has 0 fully saturated rings. The number of nitrogens with zero attached hydrogens (tertiary/aromatic N) is 4. The maximum atomic E-state index is 14.0. The highest BCUT2D eigenvalue weighted by Gasteiger charge is 2.38. The second-order valence-corrected chi connectivity index (χ2v) is 15.3. The molecule has 0 radical (unpaired) electrons. The normalized spacial score (nSPS) is 14.3. The van der Waals surface area contributed by atoms with Crippen LogP contribution >= 0.6 is 0 Å². The van der Waals surface area contributed by atoms with E-state index in [2.05, 4.69) is 31.2 Å². The highest BCUT2D eigenvalue weighted by molar-refractivity contribution is 5.88. The fourth-order valence-corrected chi connectivity index (χ4v) is 6.44. The van der Waals surface area contributed by atoms with E-state index in [0.717, 1.165) is 11.1 Å². The van der Waals surface area contributed by atoms with E-state index in [9.17, 15) is 29.4 Å². The molecule has 0 aliphatic heterocycles. The van der Waals surface area contributed by atoms with E-state index < -0.39 is 60.3 Å². The molecule has 58 heavy (non-hydrogen) atoms. The zero-order valence-corrected chi connectivity index (χ0v) is 34.2. The number of carbonyl (C=O) groups excluding carboxylic acids is 4. The minimum atomic E-state index is -1.59. The summed E-state index contributed by atoms with van der Waals surface area (Å²) in [4.78, 5) is 66.0. The fraction of sp³-hybridized carbons (Fsp3) is 0.409. The van der Waals surface area contributed by atoms with E-state index in [4.69, 9.17) is 0 Å². The third-order valence-electron chi connectivity index (χ3n) is 9.83. The van der Waals surface area contributed by atoms with Gasteiger partial charge in [0, 0.05) is 26.5 Å². The van der Waals surface area contributed by atoms with Gasteiger partial charge in [-0.3, -0.25) is 19.6 Å². The van der Waals surface area contributed by atoms with E-state index in [1.165, 1.54) is 9.80 Å². The third kappa shape index (κ3) is 13.7. The van der Waals surface area contributed by atoms with Crippen molar-refractivity contribution in [2.24, 2.45) is 11.8 Å². The van der Waals surface area contributed by atoms with Crippen LogP contribution in [0.4, 0.5) is 9.59 Å². The van der Waals surface area contributed by atoms with E-state index in [1.807, 2.05) is 72.8 Å². The molecule has 4 rings (SSSR count). The molecule has 1 unspecified atom stereocenters. The quantitative estimate of drug-likeness (QED) is 0.0829. The van der Waals surface area contributed by atoms with Gasteiger partial charge in [0.1, 0.15) is 24.3 Å². The molecule has 2 heterocycles. The summed E-state index contributed by atoms with van der Waals surface area (Å²) in [6.45, 7) is 7.63. The van der Waals surface area contributed by atoms with Crippen LogP contribution in [0.15, 0.2) is 109 Å². The summed E-state index contributed by atoms with van der Waals surface area (Å²) in [5.74, 6) is -1.79. The summed E-state index contributed by atoms with van der Waals surface area (Å²) in [6.07, 6.45) is 0.347. The topological polar surface area (TPSA) is 189 Å². The number of aliphatic hydroxyl groups excluding tert-OH is 2. The molecule has 6 N–H and O–H groups in total. The first-order valence-corrected chi connectivity index (χ1v) is 19.6. The van der Waals surface area contributed by atoms with E-state index in [1.54, 1.807) is 78.4 Å². The molecule has 14 nitrogen and oxygen atoms in total. The van der Waals surface area contributed by atoms with Gasteiger partial charge in [0.05, 0.1) is 36.6 Å². The zero-order chi connectivity index (χ0) is 42.2. The molecular formula is C44H58N8O6. The summed E-state index contributed by atoms with van der Waals surface area (Å²) >= 11 is 0. The Bertz CT molecular complexity index is 1730. The molecule has 0 aliphatic rings. The number of pyridine rings is 2. The van der Waals surface area contributed by atoms with Gasteiger partial charge in [0.15, 0.2) is 0 Å². The lowest BCUT2D eigenvalue weighted by atomic mass is 9.90. The molecule has 6 atom stereocenters. The van der Waals surface area contributed by atoms with Crippen LogP contribution in [-0.2, 0) is 35.5 Å². The lowest BCUT2D eigenvalue weighted by Gasteiger charge is -2.35. The van der Waals surface area contributed by atoms with Gasteiger partial charge >= 0.3 is 12.1 Å².